The van der Waals surface area contributed by atoms with Gasteiger partial charge in [0.1, 0.15) is 0 Å². The average Bonchev–Trinajstić information content (AvgIpc) is 2.24. The van der Waals surface area contributed by atoms with Crippen molar-refractivity contribution in [2.75, 3.05) is 19.6 Å². The van der Waals surface area contributed by atoms with Crippen LogP contribution >= 0.6 is 0 Å². The third kappa shape index (κ3) is 1.81. The monoisotopic (exact) mass is 221 g/mol. The first-order valence-electron chi connectivity index (χ1n) is 7.45. The van der Waals surface area contributed by atoms with Crippen molar-refractivity contribution in [2.24, 2.45) is 23.2 Å². The first-order valence-corrected chi connectivity index (χ1v) is 7.45. The maximum Gasteiger partial charge on any atom is 0.00380 e. The first kappa shape index (κ1) is 11.1. The molecule has 16 heavy (non-hydrogen) atoms. The minimum Gasteiger partial charge on any atom is -0.303 e. The molecule has 4 fully saturated rings. The Balaban J connectivity index is 1.73. The minimum atomic E-state index is 0.751. The van der Waals surface area contributed by atoms with Gasteiger partial charge in [0.2, 0.25) is 0 Å². The average molecular weight is 221 g/mol. The topological polar surface area (TPSA) is 3.24 Å². The van der Waals surface area contributed by atoms with Gasteiger partial charge in [-0.1, -0.05) is 13.8 Å². The molecule has 0 heterocycles. The van der Waals surface area contributed by atoms with Crippen LogP contribution in [-0.4, -0.2) is 24.5 Å². The van der Waals surface area contributed by atoms with Crippen molar-refractivity contribution in [3.05, 3.63) is 0 Å². The van der Waals surface area contributed by atoms with Gasteiger partial charge in [0.25, 0.3) is 0 Å². The fourth-order valence-corrected chi connectivity index (χ4v) is 5.41. The van der Waals surface area contributed by atoms with Gasteiger partial charge in [-0.05, 0) is 74.8 Å². The Morgan fingerprint density at radius 3 is 1.69 bits per heavy atom. The Kier molecular flexibility index (Phi) is 2.78. The quantitative estimate of drug-likeness (QED) is 0.702. The van der Waals surface area contributed by atoms with E-state index in [0.29, 0.717) is 0 Å². The van der Waals surface area contributed by atoms with Crippen molar-refractivity contribution in [2.45, 2.75) is 52.4 Å². The van der Waals surface area contributed by atoms with Gasteiger partial charge >= 0.3 is 0 Å². The molecule has 1 nitrogen and oxygen atoms in total. The third-order valence-corrected chi connectivity index (χ3v) is 5.62. The van der Waals surface area contributed by atoms with Gasteiger partial charge in [0, 0.05) is 6.54 Å². The van der Waals surface area contributed by atoms with Gasteiger partial charge in [0.05, 0.1) is 0 Å². The van der Waals surface area contributed by atoms with Crippen LogP contribution in [0.25, 0.3) is 0 Å². The van der Waals surface area contributed by atoms with Crippen LogP contribution in [-0.2, 0) is 0 Å². The number of hydrogen-bond acceptors (Lipinski definition) is 1. The Hall–Kier alpha value is -0.0400. The normalized spacial score (nSPS) is 45.6. The van der Waals surface area contributed by atoms with Crippen LogP contribution in [0.5, 0.6) is 0 Å². The number of rotatable bonds is 4. The van der Waals surface area contributed by atoms with E-state index in [-0.39, 0.29) is 0 Å². The molecule has 0 saturated heterocycles. The molecule has 0 aliphatic heterocycles. The summed E-state index contributed by atoms with van der Waals surface area (Å²) in [6, 6.07) is 0. The molecule has 92 valence electrons. The summed E-state index contributed by atoms with van der Waals surface area (Å²) < 4.78 is 0. The molecule has 0 unspecified atom stereocenters. The maximum atomic E-state index is 2.67. The highest BCUT2D eigenvalue weighted by molar-refractivity contribution is 5.02. The van der Waals surface area contributed by atoms with E-state index in [2.05, 4.69) is 18.7 Å². The molecular weight excluding hydrogens is 194 g/mol. The zero-order chi connectivity index (χ0) is 11.2. The standard InChI is InChI=1S/C15H27N/c1-3-16(4-2)11-15-8-12-5-13(9-15)7-14(6-12)10-15/h12-14H,3-11H2,1-2H3. The highest BCUT2D eigenvalue weighted by atomic mass is 15.1. The van der Waals surface area contributed by atoms with Gasteiger partial charge in [-0.25, -0.2) is 0 Å². The highest BCUT2D eigenvalue weighted by Gasteiger charge is 2.50. The molecule has 0 aromatic rings. The maximum absolute atomic E-state index is 2.67. The smallest absolute Gasteiger partial charge is 0.00380 e. The zero-order valence-corrected chi connectivity index (χ0v) is 11.0. The Morgan fingerprint density at radius 2 is 1.31 bits per heavy atom. The van der Waals surface area contributed by atoms with Crippen molar-refractivity contribution < 1.29 is 0 Å². The summed E-state index contributed by atoms with van der Waals surface area (Å²) in [4.78, 5) is 2.67. The highest BCUT2D eigenvalue weighted by Crippen LogP contribution is 2.60. The van der Waals surface area contributed by atoms with Crippen molar-refractivity contribution in [1.82, 2.24) is 4.90 Å². The largest absolute Gasteiger partial charge is 0.303 e. The predicted octanol–water partition coefficient (Wildman–Crippen LogP) is 3.54. The summed E-state index contributed by atoms with van der Waals surface area (Å²) in [5.41, 5.74) is 0.751. The van der Waals surface area contributed by atoms with Crippen molar-refractivity contribution in [3.8, 4) is 0 Å². The van der Waals surface area contributed by atoms with E-state index in [0.717, 1.165) is 23.2 Å². The molecule has 4 saturated carbocycles. The number of hydrogen-bond donors (Lipinski definition) is 0. The van der Waals surface area contributed by atoms with Crippen molar-refractivity contribution in [1.29, 1.82) is 0 Å². The molecule has 0 spiro atoms. The van der Waals surface area contributed by atoms with E-state index >= 15 is 0 Å². The van der Waals surface area contributed by atoms with E-state index in [9.17, 15) is 0 Å². The summed E-state index contributed by atoms with van der Waals surface area (Å²) >= 11 is 0. The fourth-order valence-electron chi connectivity index (χ4n) is 5.41. The van der Waals surface area contributed by atoms with Crippen LogP contribution in [0, 0.1) is 23.2 Å². The molecule has 0 N–H and O–H groups in total. The lowest BCUT2D eigenvalue weighted by molar-refractivity contribution is -0.0679. The lowest BCUT2D eigenvalue weighted by Gasteiger charge is -2.58. The fraction of sp³-hybridized carbons (Fsp3) is 1.00. The summed E-state index contributed by atoms with van der Waals surface area (Å²) in [5, 5.41) is 0. The molecule has 4 rings (SSSR count). The van der Waals surface area contributed by atoms with Crippen LogP contribution in [0.3, 0.4) is 0 Å². The molecule has 0 aromatic carbocycles. The van der Waals surface area contributed by atoms with Gasteiger partial charge in [-0.15, -0.1) is 0 Å². The van der Waals surface area contributed by atoms with E-state index in [4.69, 9.17) is 0 Å². The Morgan fingerprint density at radius 1 is 0.875 bits per heavy atom. The predicted molar refractivity (Wildman–Crippen MR) is 68.4 cm³/mol. The third-order valence-electron chi connectivity index (χ3n) is 5.62. The van der Waals surface area contributed by atoms with E-state index in [1.54, 1.807) is 38.5 Å². The number of nitrogens with zero attached hydrogens (tertiary/aromatic N) is 1. The molecular formula is C15H27N. The summed E-state index contributed by atoms with van der Waals surface area (Å²) in [5.74, 6) is 3.34. The molecule has 0 radical (unpaired) electrons. The molecule has 0 amide bonds. The lowest BCUT2D eigenvalue weighted by Crippen LogP contribution is -2.51. The van der Waals surface area contributed by atoms with Crippen LogP contribution < -0.4 is 0 Å². The van der Waals surface area contributed by atoms with Crippen LogP contribution in [0.4, 0.5) is 0 Å². The molecule has 0 aromatic heterocycles. The minimum absolute atomic E-state index is 0.751. The van der Waals surface area contributed by atoms with Crippen molar-refractivity contribution in [3.63, 3.8) is 0 Å². The summed E-state index contributed by atoms with van der Waals surface area (Å²) in [6.07, 6.45) is 9.44. The molecule has 1 heteroatoms. The van der Waals surface area contributed by atoms with Gasteiger partial charge in [-0.2, -0.15) is 0 Å². The first-order chi connectivity index (χ1) is 7.73. The second kappa shape index (κ2) is 4.01. The lowest BCUT2D eigenvalue weighted by atomic mass is 9.49. The van der Waals surface area contributed by atoms with Crippen LogP contribution in [0.1, 0.15) is 52.4 Å². The molecule has 0 atom stereocenters. The van der Waals surface area contributed by atoms with E-state index < -0.39 is 0 Å². The second-order valence-corrected chi connectivity index (χ2v) is 6.88. The second-order valence-electron chi connectivity index (χ2n) is 6.88. The van der Waals surface area contributed by atoms with Crippen LogP contribution in [0.2, 0.25) is 0 Å². The molecule has 4 bridgehead atoms. The zero-order valence-electron chi connectivity index (χ0n) is 11.0. The van der Waals surface area contributed by atoms with Gasteiger partial charge < -0.3 is 4.90 Å². The van der Waals surface area contributed by atoms with Gasteiger partial charge in [0.15, 0.2) is 0 Å². The summed E-state index contributed by atoms with van der Waals surface area (Å²) in [7, 11) is 0. The van der Waals surface area contributed by atoms with Gasteiger partial charge in [-0.3, -0.25) is 0 Å². The van der Waals surface area contributed by atoms with Crippen LogP contribution in [0.15, 0.2) is 0 Å². The summed E-state index contributed by atoms with van der Waals surface area (Å²) in [6.45, 7) is 8.55. The Bertz CT molecular complexity index is 219. The van der Waals surface area contributed by atoms with Crippen molar-refractivity contribution >= 4 is 0 Å². The van der Waals surface area contributed by atoms with E-state index in [1.807, 2.05) is 0 Å². The molecule has 4 aliphatic rings. The van der Waals surface area contributed by atoms with E-state index in [1.165, 1.54) is 19.6 Å². The SMILES string of the molecule is CCN(CC)CC12CC3CC(CC(C3)C1)C2. The Labute approximate surface area is 101 Å². The molecule has 4 aliphatic carbocycles.